The SMILES string of the molecule is CC(C)C(=O)CC(C#N)C1CC1. The monoisotopic (exact) mass is 165 g/mol. The third-order valence-corrected chi connectivity index (χ3v) is 2.42. The molecule has 0 heterocycles. The largest absolute Gasteiger partial charge is 0.299 e. The van der Waals surface area contributed by atoms with Crippen LogP contribution < -0.4 is 0 Å². The van der Waals surface area contributed by atoms with Crippen LogP contribution in [-0.2, 0) is 4.79 Å². The summed E-state index contributed by atoms with van der Waals surface area (Å²) in [6, 6.07) is 2.23. The average Bonchev–Trinajstić information content (AvgIpc) is 2.82. The van der Waals surface area contributed by atoms with E-state index < -0.39 is 0 Å². The first-order chi connectivity index (χ1) is 5.65. The number of ketones is 1. The van der Waals surface area contributed by atoms with Gasteiger partial charge in [0.1, 0.15) is 5.78 Å². The zero-order valence-electron chi connectivity index (χ0n) is 7.71. The van der Waals surface area contributed by atoms with Gasteiger partial charge in [-0.2, -0.15) is 5.26 Å². The molecule has 1 aliphatic rings. The predicted octanol–water partition coefficient (Wildman–Crippen LogP) is 2.15. The molecule has 1 rings (SSSR count). The van der Waals surface area contributed by atoms with Gasteiger partial charge in [0.2, 0.25) is 0 Å². The molecule has 1 unspecified atom stereocenters. The zero-order valence-corrected chi connectivity index (χ0v) is 7.71. The average molecular weight is 165 g/mol. The van der Waals surface area contributed by atoms with E-state index in [0.29, 0.717) is 12.3 Å². The first-order valence-electron chi connectivity index (χ1n) is 4.57. The fraction of sp³-hybridized carbons (Fsp3) is 0.800. The molecule has 1 aliphatic carbocycles. The maximum atomic E-state index is 11.3. The van der Waals surface area contributed by atoms with Gasteiger partial charge in [-0.15, -0.1) is 0 Å². The maximum absolute atomic E-state index is 11.3. The Hall–Kier alpha value is -0.840. The quantitative estimate of drug-likeness (QED) is 0.640. The van der Waals surface area contributed by atoms with Gasteiger partial charge in [-0.1, -0.05) is 13.8 Å². The third-order valence-electron chi connectivity index (χ3n) is 2.42. The molecule has 0 aromatic rings. The lowest BCUT2D eigenvalue weighted by molar-refractivity contribution is -0.122. The number of rotatable bonds is 4. The van der Waals surface area contributed by atoms with Crippen LogP contribution in [0.4, 0.5) is 0 Å². The lowest BCUT2D eigenvalue weighted by Gasteiger charge is -2.07. The highest BCUT2D eigenvalue weighted by atomic mass is 16.1. The summed E-state index contributed by atoms with van der Waals surface area (Å²) in [5, 5.41) is 8.76. The van der Waals surface area contributed by atoms with E-state index in [1.165, 1.54) is 0 Å². The molecule has 2 nitrogen and oxygen atoms in total. The first kappa shape index (κ1) is 9.25. The lowest BCUT2D eigenvalue weighted by Crippen LogP contribution is -2.13. The van der Waals surface area contributed by atoms with Crippen LogP contribution in [0.1, 0.15) is 33.1 Å². The lowest BCUT2D eigenvalue weighted by atomic mass is 9.94. The minimum Gasteiger partial charge on any atom is -0.299 e. The Bertz CT molecular complexity index is 210. The van der Waals surface area contributed by atoms with Gasteiger partial charge >= 0.3 is 0 Å². The minimum atomic E-state index is -0.0000926. The van der Waals surface area contributed by atoms with Gasteiger partial charge in [-0.25, -0.2) is 0 Å². The molecule has 1 saturated carbocycles. The molecule has 0 aromatic heterocycles. The summed E-state index contributed by atoms with van der Waals surface area (Å²) in [4.78, 5) is 11.3. The number of Topliss-reactive ketones (excluding diaryl/α,β-unsaturated/α-hetero) is 1. The molecule has 2 heteroatoms. The van der Waals surface area contributed by atoms with Crippen LogP contribution in [0.15, 0.2) is 0 Å². The van der Waals surface area contributed by atoms with Gasteiger partial charge in [-0.05, 0) is 18.8 Å². The van der Waals surface area contributed by atoms with Gasteiger partial charge in [0.25, 0.3) is 0 Å². The number of carbonyl (C=O) groups excluding carboxylic acids is 1. The molecule has 1 fully saturated rings. The Kier molecular flexibility index (Phi) is 2.86. The Morgan fingerprint density at radius 1 is 1.58 bits per heavy atom. The molecule has 0 bridgehead atoms. The molecule has 12 heavy (non-hydrogen) atoms. The van der Waals surface area contributed by atoms with Crippen molar-refractivity contribution in [2.45, 2.75) is 33.1 Å². The summed E-state index contributed by atoms with van der Waals surface area (Å²) in [6.45, 7) is 3.79. The molecule has 0 spiro atoms. The Morgan fingerprint density at radius 3 is 2.50 bits per heavy atom. The second-order valence-corrected chi connectivity index (χ2v) is 3.90. The fourth-order valence-electron chi connectivity index (χ4n) is 1.27. The fourth-order valence-corrected chi connectivity index (χ4v) is 1.27. The van der Waals surface area contributed by atoms with E-state index in [0.717, 1.165) is 12.8 Å². The van der Waals surface area contributed by atoms with E-state index in [-0.39, 0.29) is 17.6 Å². The number of hydrogen-bond acceptors (Lipinski definition) is 2. The van der Waals surface area contributed by atoms with Gasteiger partial charge in [0.15, 0.2) is 0 Å². The van der Waals surface area contributed by atoms with E-state index in [2.05, 4.69) is 6.07 Å². The Balaban J connectivity index is 2.37. The highest BCUT2D eigenvalue weighted by Gasteiger charge is 2.32. The Morgan fingerprint density at radius 2 is 2.17 bits per heavy atom. The summed E-state index contributed by atoms with van der Waals surface area (Å²) in [5.74, 6) is 0.839. The molecule has 0 amide bonds. The molecule has 0 saturated heterocycles. The second kappa shape index (κ2) is 3.71. The topological polar surface area (TPSA) is 40.9 Å². The molecule has 0 aliphatic heterocycles. The smallest absolute Gasteiger partial charge is 0.136 e. The van der Waals surface area contributed by atoms with Crippen molar-refractivity contribution in [3.63, 3.8) is 0 Å². The summed E-state index contributed by atoms with van der Waals surface area (Å²) in [6.07, 6.45) is 2.76. The second-order valence-electron chi connectivity index (χ2n) is 3.90. The summed E-state index contributed by atoms with van der Waals surface area (Å²) >= 11 is 0. The van der Waals surface area contributed by atoms with Gasteiger partial charge in [-0.3, -0.25) is 4.79 Å². The molecule has 0 aromatic carbocycles. The van der Waals surface area contributed by atoms with Gasteiger partial charge < -0.3 is 0 Å². The van der Waals surface area contributed by atoms with E-state index >= 15 is 0 Å². The van der Waals surface area contributed by atoms with E-state index in [9.17, 15) is 4.79 Å². The standard InChI is InChI=1S/C10H15NO/c1-7(2)10(12)5-9(6-11)8-3-4-8/h7-9H,3-5H2,1-2H3. The van der Waals surface area contributed by atoms with Crippen molar-refractivity contribution >= 4 is 5.78 Å². The molecule has 0 N–H and O–H groups in total. The van der Waals surface area contributed by atoms with Crippen molar-refractivity contribution in [3.05, 3.63) is 0 Å². The van der Waals surface area contributed by atoms with Crippen molar-refractivity contribution in [2.24, 2.45) is 17.8 Å². The third kappa shape index (κ3) is 2.34. The van der Waals surface area contributed by atoms with Crippen LogP contribution in [0.2, 0.25) is 0 Å². The molecule has 66 valence electrons. The number of nitriles is 1. The number of nitrogens with zero attached hydrogens (tertiary/aromatic N) is 1. The van der Waals surface area contributed by atoms with Gasteiger partial charge in [0.05, 0.1) is 12.0 Å². The predicted molar refractivity (Wildman–Crippen MR) is 46.3 cm³/mol. The summed E-state index contributed by atoms with van der Waals surface area (Å²) in [5.41, 5.74) is 0. The highest BCUT2D eigenvalue weighted by Crippen LogP contribution is 2.38. The van der Waals surface area contributed by atoms with Crippen LogP contribution >= 0.6 is 0 Å². The molecular formula is C10H15NO. The maximum Gasteiger partial charge on any atom is 0.136 e. The van der Waals surface area contributed by atoms with Crippen LogP contribution in [0.5, 0.6) is 0 Å². The number of hydrogen-bond donors (Lipinski definition) is 0. The van der Waals surface area contributed by atoms with E-state index in [1.54, 1.807) is 0 Å². The van der Waals surface area contributed by atoms with Crippen LogP contribution in [-0.4, -0.2) is 5.78 Å². The zero-order chi connectivity index (χ0) is 9.14. The van der Waals surface area contributed by atoms with Crippen molar-refractivity contribution < 1.29 is 4.79 Å². The Labute approximate surface area is 73.6 Å². The van der Waals surface area contributed by atoms with Crippen molar-refractivity contribution in [1.29, 1.82) is 5.26 Å². The first-order valence-corrected chi connectivity index (χ1v) is 4.57. The van der Waals surface area contributed by atoms with Crippen LogP contribution in [0.3, 0.4) is 0 Å². The minimum absolute atomic E-state index is 0.0000926. The summed E-state index contributed by atoms with van der Waals surface area (Å²) < 4.78 is 0. The van der Waals surface area contributed by atoms with Crippen molar-refractivity contribution in [3.8, 4) is 6.07 Å². The number of carbonyl (C=O) groups is 1. The summed E-state index contributed by atoms with van der Waals surface area (Å²) in [7, 11) is 0. The molecule has 0 radical (unpaired) electrons. The highest BCUT2D eigenvalue weighted by molar-refractivity contribution is 5.80. The molecule has 1 atom stereocenters. The van der Waals surface area contributed by atoms with Crippen molar-refractivity contribution in [1.82, 2.24) is 0 Å². The molecular weight excluding hydrogens is 150 g/mol. The van der Waals surface area contributed by atoms with E-state index in [4.69, 9.17) is 5.26 Å². The van der Waals surface area contributed by atoms with Crippen molar-refractivity contribution in [2.75, 3.05) is 0 Å². The van der Waals surface area contributed by atoms with Crippen LogP contribution in [0, 0.1) is 29.1 Å². The van der Waals surface area contributed by atoms with Gasteiger partial charge in [0, 0.05) is 12.3 Å². The van der Waals surface area contributed by atoms with E-state index in [1.807, 2.05) is 13.8 Å². The normalized spacial score (nSPS) is 18.8. The van der Waals surface area contributed by atoms with Crippen LogP contribution in [0.25, 0.3) is 0 Å².